The van der Waals surface area contributed by atoms with Gasteiger partial charge in [0.1, 0.15) is 0 Å². The van der Waals surface area contributed by atoms with Gasteiger partial charge in [-0.25, -0.2) is 0 Å². The molecular weight excluding hydrogens is 204 g/mol. The van der Waals surface area contributed by atoms with Crippen molar-refractivity contribution in [3.05, 3.63) is 35.9 Å². The Labute approximate surface area is 104 Å². The molecule has 0 spiro atoms. The summed E-state index contributed by atoms with van der Waals surface area (Å²) in [4.78, 5) is 0. The van der Waals surface area contributed by atoms with Crippen molar-refractivity contribution in [3.8, 4) is 0 Å². The molecule has 4 fully saturated rings. The first kappa shape index (κ1) is 10.2. The van der Waals surface area contributed by atoms with Gasteiger partial charge in [-0.2, -0.15) is 0 Å². The first-order valence-corrected chi connectivity index (χ1v) is 7.29. The van der Waals surface area contributed by atoms with Gasteiger partial charge in [-0.1, -0.05) is 37.3 Å². The van der Waals surface area contributed by atoms with Crippen LogP contribution in [0.2, 0.25) is 0 Å². The molecule has 0 heterocycles. The molecule has 0 N–H and O–H groups in total. The third kappa shape index (κ3) is 1.36. The Morgan fingerprint density at radius 1 is 1.12 bits per heavy atom. The number of rotatable bonds is 2. The molecule has 5 unspecified atom stereocenters. The van der Waals surface area contributed by atoms with Crippen LogP contribution in [0.5, 0.6) is 0 Å². The highest BCUT2D eigenvalue weighted by atomic mass is 14.6. The van der Waals surface area contributed by atoms with Crippen LogP contribution in [0.25, 0.3) is 0 Å². The standard InChI is InChI=1S/C17H22/c1-17-11-13-7-14(10-15(17)8-13)16(17)9-12-5-3-2-4-6-12/h2-6,13-16H,7-11H2,1H3. The van der Waals surface area contributed by atoms with Crippen LogP contribution < -0.4 is 0 Å². The smallest absolute Gasteiger partial charge is 0.0242 e. The van der Waals surface area contributed by atoms with E-state index in [2.05, 4.69) is 37.3 Å². The van der Waals surface area contributed by atoms with Gasteiger partial charge in [-0.15, -0.1) is 0 Å². The van der Waals surface area contributed by atoms with E-state index in [4.69, 9.17) is 0 Å². The maximum Gasteiger partial charge on any atom is -0.0242 e. The van der Waals surface area contributed by atoms with Crippen molar-refractivity contribution >= 4 is 0 Å². The average molecular weight is 226 g/mol. The predicted octanol–water partition coefficient (Wildman–Crippen LogP) is 4.30. The Morgan fingerprint density at radius 3 is 2.71 bits per heavy atom. The summed E-state index contributed by atoms with van der Waals surface area (Å²) in [6.45, 7) is 2.60. The molecule has 0 aliphatic heterocycles. The van der Waals surface area contributed by atoms with Gasteiger partial charge in [0.25, 0.3) is 0 Å². The second-order valence-electron chi connectivity index (χ2n) is 7.04. The van der Waals surface area contributed by atoms with E-state index in [1.807, 2.05) is 0 Å². The van der Waals surface area contributed by atoms with E-state index in [1.165, 1.54) is 12.8 Å². The average Bonchev–Trinajstić information content (AvgIpc) is 2.67. The molecule has 90 valence electrons. The SMILES string of the molecule is CC12CC3CC(CC1C3)C2Cc1ccccc1. The molecular formula is C17H22. The molecule has 1 aromatic rings. The molecule has 0 amide bonds. The highest BCUT2D eigenvalue weighted by Crippen LogP contribution is 2.68. The summed E-state index contributed by atoms with van der Waals surface area (Å²) in [5, 5.41) is 0. The molecule has 4 aliphatic carbocycles. The zero-order valence-corrected chi connectivity index (χ0v) is 10.7. The molecule has 0 saturated heterocycles. The van der Waals surface area contributed by atoms with Crippen LogP contribution in [-0.4, -0.2) is 0 Å². The summed E-state index contributed by atoms with van der Waals surface area (Å²) >= 11 is 0. The van der Waals surface area contributed by atoms with Crippen molar-refractivity contribution in [2.24, 2.45) is 29.1 Å². The van der Waals surface area contributed by atoms with E-state index in [0.29, 0.717) is 5.41 Å². The Bertz CT molecular complexity index is 421. The Balaban J connectivity index is 1.63. The summed E-state index contributed by atoms with van der Waals surface area (Å²) in [7, 11) is 0. The fourth-order valence-electron chi connectivity index (χ4n) is 5.57. The quantitative estimate of drug-likeness (QED) is 0.705. The second kappa shape index (κ2) is 3.37. The molecule has 0 nitrogen and oxygen atoms in total. The number of hydrogen-bond acceptors (Lipinski definition) is 0. The summed E-state index contributed by atoms with van der Waals surface area (Å²) in [6.07, 6.45) is 7.52. The van der Waals surface area contributed by atoms with Crippen LogP contribution in [0.15, 0.2) is 30.3 Å². The van der Waals surface area contributed by atoms with Crippen LogP contribution in [-0.2, 0) is 6.42 Å². The summed E-state index contributed by atoms with van der Waals surface area (Å²) in [5.74, 6) is 4.20. The lowest BCUT2D eigenvalue weighted by atomic mass is 9.66. The highest BCUT2D eigenvalue weighted by Gasteiger charge is 2.60. The number of benzene rings is 1. The van der Waals surface area contributed by atoms with E-state index >= 15 is 0 Å². The van der Waals surface area contributed by atoms with E-state index in [0.717, 1.165) is 23.7 Å². The van der Waals surface area contributed by atoms with Gasteiger partial charge in [-0.05, 0) is 66.8 Å². The molecule has 4 saturated carbocycles. The van der Waals surface area contributed by atoms with E-state index in [9.17, 15) is 0 Å². The van der Waals surface area contributed by atoms with Crippen molar-refractivity contribution in [2.75, 3.05) is 0 Å². The minimum Gasteiger partial charge on any atom is -0.0622 e. The maximum atomic E-state index is 2.60. The van der Waals surface area contributed by atoms with Gasteiger partial charge in [0, 0.05) is 0 Å². The zero-order chi connectivity index (χ0) is 11.5. The molecule has 5 atom stereocenters. The van der Waals surface area contributed by atoms with Crippen molar-refractivity contribution in [1.29, 1.82) is 0 Å². The van der Waals surface area contributed by atoms with Gasteiger partial charge in [0.2, 0.25) is 0 Å². The van der Waals surface area contributed by atoms with E-state index < -0.39 is 0 Å². The topological polar surface area (TPSA) is 0 Å². The Kier molecular flexibility index (Phi) is 2.02. The highest BCUT2D eigenvalue weighted by molar-refractivity contribution is 5.19. The van der Waals surface area contributed by atoms with Gasteiger partial charge in [-0.3, -0.25) is 0 Å². The van der Waals surface area contributed by atoms with Gasteiger partial charge < -0.3 is 0 Å². The summed E-state index contributed by atoms with van der Waals surface area (Å²) in [5.41, 5.74) is 2.26. The molecule has 0 heteroatoms. The van der Waals surface area contributed by atoms with Crippen LogP contribution in [0.4, 0.5) is 0 Å². The van der Waals surface area contributed by atoms with E-state index in [1.54, 1.807) is 24.8 Å². The molecule has 5 rings (SSSR count). The number of hydrogen-bond donors (Lipinski definition) is 0. The lowest BCUT2D eigenvalue weighted by Gasteiger charge is -2.39. The lowest BCUT2D eigenvalue weighted by Crippen LogP contribution is -2.32. The van der Waals surface area contributed by atoms with Crippen molar-refractivity contribution in [2.45, 2.75) is 39.0 Å². The molecule has 0 radical (unpaired) electrons. The van der Waals surface area contributed by atoms with Crippen molar-refractivity contribution in [3.63, 3.8) is 0 Å². The summed E-state index contributed by atoms with van der Waals surface area (Å²) in [6, 6.07) is 11.2. The van der Waals surface area contributed by atoms with Gasteiger partial charge >= 0.3 is 0 Å². The molecule has 17 heavy (non-hydrogen) atoms. The largest absolute Gasteiger partial charge is 0.0622 e. The van der Waals surface area contributed by atoms with Gasteiger partial charge in [0.15, 0.2) is 0 Å². The fourth-order valence-corrected chi connectivity index (χ4v) is 5.57. The first-order chi connectivity index (χ1) is 8.25. The fraction of sp³-hybridized carbons (Fsp3) is 0.647. The molecule has 4 bridgehead atoms. The van der Waals surface area contributed by atoms with Crippen molar-refractivity contribution in [1.82, 2.24) is 0 Å². The third-order valence-electron chi connectivity index (χ3n) is 6.22. The molecule has 1 aromatic carbocycles. The van der Waals surface area contributed by atoms with Crippen LogP contribution in [0.3, 0.4) is 0 Å². The minimum atomic E-state index is 0.698. The van der Waals surface area contributed by atoms with Crippen molar-refractivity contribution < 1.29 is 0 Å². The minimum absolute atomic E-state index is 0.698. The summed E-state index contributed by atoms with van der Waals surface area (Å²) < 4.78 is 0. The van der Waals surface area contributed by atoms with Crippen LogP contribution in [0.1, 0.15) is 38.2 Å². The van der Waals surface area contributed by atoms with Gasteiger partial charge in [0.05, 0.1) is 0 Å². The second-order valence-corrected chi connectivity index (χ2v) is 7.04. The maximum absolute atomic E-state index is 2.60. The predicted molar refractivity (Wildman–Crippen MR) is 70.7 cm³/mol. The Hall–Kier alpha value is -0.780. The first-order valence-electron chi connectivity index (χ1n) is 7.29. The molecule has 4 aliphatic rings. The lowest BCUT2D eigenvalue weighted by molar-refractivity contribution is 0.118. The van der Waals surface area contributed by atoms with Crippen LogP contribution >= 0.6 is 0 Å². The monoisotopic (exact) mass is 226 g/mol. The van der Waals surface area contributed by atoms with E-state index in [-0.39, 0.29) is 0 Å². The molecule has 0 aromatic heterocycles. The normalized spacial score (nSPS) is 46.6. The third-order valence-corrected chi connectivity index (χ3v) is 6.22. The van der Waals surface area contributed by atoms with Crippen LogP contribution in [0, 0.1) is 29.1 Å². The Morgan fingerprint density at radius 2 is 1.94 bits per heavy atom. The zero-order valence-electron chi connectivity index (χ0n) is 10.7.